The van der Waals surface area contributed by atoms with Gasteiger partial charge in [0.25, 0.3) is 11.8 Å². The second-order valence-corrected chi connectivity index (χ2v) is 7.46. The molecule has 0 saturated heterocycles. The molecule has 28 heavy (non-hydrogen) atoms. The Morgan fingerprint density at radius 1 is 1.18 bits per heavy atom. The number of rotatable bonds is 5. The molecule has 144 valence electrons. The number of Topliss-reactive ketones (excluding diaryl/α,β-unsaturated/α-hetero) is 1. The highest BCUT2D eigenvalue weighted by Crippen LogP contribution is 2.31. The number of carbonyl (C=O) groups is 4. The van der Waals surface area contributed by atoms with Gasteiger partial charge in [-0.15, -0.1) is 11.8 Å². The van der Waals surface area contributed by atoms with Gasteiger partial charge < -0.3 is 16.0 Å². The van der Waals surface area contributed by atoms with Crippen molar-refractivity contribution >= 4 is 41.0 Å². The molecular formula is C20H19N3O4S. The SMILES string of the molecule is CN1C(=O)c2cc(NC(=O)C(=O)Cc3ccccc3)ccc2SCC1C(N)=O. The van der Waals surface area contributed by atoms with Gasteiger partial charge in [0.05, 0.1) is 5.56 Å². The van der Waals surface area contributed by atoms with Gasteiger partial charge in [0, 0.05) is 29.8 Å². The smallest absolute Gasteiger partial charge is 0.292 e. The van der Waals surface area contributed by atoms with Crippen LogP contribution >= 0.6 is 11.8 Å². The number of nitrogens with two attached hydrogens (primary N) is 1. The largest absolute Gasteiger partial charge is 0.368 e. The number of primary amides is 1. The van der Waals surface area contributed by atoms with Gasteiger partial charge in [-0.3, -0.25) is 19.2 Å². The molecule has 1 heterocycles. The molecule has 0 fully saturated rings. The number of benzene rings is 2. The Balaban J connectivity index is 1.75. The predicted molar refractivity (Wildman–Crippen MR) is 106 cm³/mol. The minimum atomic E-state index is -0.749. The fourth-order valence-corrected chi connectivity index (χ4v) is 4.04. The van der Waals surface area contributed by atoms with E-state index in [1.807, 2.05) is 6.07 Å². The van der Waals surface area contributed by atoms with Crippen molar-refractivity contribution in [3.8, 4) is 0 Å². The summed E-state index contributed by atoms with van der Waals surface area (Å²) < 4.78 is 0. The van der Waals surface area contributed by atoms with Crippen molar-refractivity contribution in [1.82, 2.24) is 4.90 Å². The zero-order chi connectivity index (χ0) is 20.3. The third-order valence-corrected chi connectivity index (χ3v) is 5.59. The molecule has 0 spiro atoms. The Kier molecular flexibility index (Phi) is 5.79. The summed E-state index contributed by atoms with van der Waals surface area (Å²) in [6.07, 6.45) is -0.00454. The topological polar surface area (TPSA) is 110 Å². The lowest BCUT2D eigenvalue weighted by Gasteiger charge is -2.22. The van der Waals surface area contributed by atoms with Gasteiger partial charge in [-0.05, 0) is 23.8 Å². The van der Waals surface area contributed by atoms with Gasteiger partial charge in [-0.1, -0.05) is 30.3 Å². The number of nitrogens with one attached hydrogen (secondary N) is 1. The Bertz CT molecular complexity index is 946. The lowest BCUT2D eigenvalue weighted by atomic mass is 10.1. The molecule has 8 heteroatoms. The molecule has 1 aliphatic rings. The van der Waals surface area contributed by atoms with Crippen molar-refractivity contribution in [2.45, 2.75) is 17.4 Å². The van der Waals surface area contributed by atoms with E-state index >= 15 is 0 Å². The summed E-state index contributed by atoms with van der Waals surface area (Å²) >= 11 is 1.35. The zero-order valence-corrected chi connectivity index (χ0v) is 16.0. The number of ketones is 1. The number of amides is 3. The van der Waals surface area contributed by atoms with Crippen LogP contribution in [-0.4, -0.2) is 47.2 Å². The van der Waals surface area contributed by atoms with Crippen molar-refractivity contribution in [2.24, 2.45) is 5.73 Å². The predicted octanol–water partition coefficient (Wildman–Crippen LogP) is 1.47. The summed E-state index contributed by atoms with van der Waals surface area (Å²) in [5.74, 6) is -1.91. The number of carbonyl (C=O) groups excluding carboxylic acids is 4. The number of fused-ring (bicyclic) bond motifs is 1. The van der Waals surface area contributed by atoms with Gasteiger partial charge in [0.2, 0.25) is 11.7 Å². The first-order valence-electron chi connectivity index (χ1n) is 8.58. The maximum Gasteiger partial charge on any atom is 0.292 e. The first kappa shape index (κ1) is 19.6. The van der Waals surface area contributed by atoms with Gasteiger partial charge >= 0.3 is 0 Å². The average molecular weight is 397 g/mol. The first-order valence-corrected chi connectivity index (χ1v) is 9.57. The highest BCUT2D eigenvalue weighted by atomic mass is 32.2. The van der Waals surface area contributed by atoms with Crippen molar-refractivity contribution < 1.29 is 19.2 Å². The van der Waals surface area contributed by atoms with Gasteiger partial charge in [0.1, 0.15) is 6.04 Å². The van der Waals surface area contributed by atoms with E-state index in [-0.39, 0.29) is 12.3 Å². The van der Waals surface area contributed by atoms with E-state index in [4.69, 9.17) is 5.73 Å². The standard InChI is InChI=1S/C20H19N3O4S/c1-23-15(18(21)25)11-28-17-8-7-13(10-14(17)20(23)27)22-19(26)16(24)9-12-5-3-2-4-6-12/h2-8,10,15H,9,11H2,1H3,(H2,21,25)(H,22,26). The maximum absolute atomic E-state index is 12.7. The lowest BCUT2D eigenvalue weighted by Crippen LogP contribution is -2.46. The van der Waals surface area contributed by atoms with Gasteiger partial charge in [-0.2, -0.15) is 0 Å². The van der Waals surface area contributed by atoms with E-state index in [0.29, 0.717) is 21.9 Å². The molecule has 2 aromatic carbocycles. The summed E-state index contributed by atoms with van der Waals surface area (Å²) in [5.41, 5.74) is 6.81. The lowest BCUT2D eigenvalue weighted by molar-refractivity contribution is -0.134. The van der Waals surface area contributed by atoms with Crippen LogP contribution in [0.5, 0.6) is 0 Å². The Morgan fingerprint density at radius 2 is 1.89 bits per heavy atom. The van der Waals surface area contributed by atoms with E-state index in [9.17, 15) is 19.2 Å². The van der Waals surface area contributed by atoms with Crippen LogP contribution in [0.4, 0.5) is 5.69 Å². The minimum absolute atomic E-state index is 0.00454. The monoisotopic (exact) mass is 397 g/mol. The molecule has 3 N–H and O–H groups in total. The highest BCUT2D eigenvalue weighted by molar-refractivity contribution is 7.99. The summed E-state index contributed by atoms with van der Waals surface area (Å²) in [4.78, 5) is 50.6. The molecule has 7 nitrogen and oxygen atoms in total. The quantitative estimate of drug-likeness (QED) is 0.743. The van der Waals surface area contributed by atoms with Crippen LogP contribution in [0.1, 0.15) is 15.9 Å². The second-order valence-electron chi connectivity index (χ2n) is 6.40. The Labute approximate surface area is 166 Å². The summed E-state index contributed by atoms with van der Waals surface area (Å²) in [6, 6.07) is 13.1. The van der Waals surface area contributed by atoms with Gasteiger partial charge in [0.15, 0.2) is 0 Å². The minimum Gasteiger partial charge on any atom is -0.368 e. The van der Waals surface area contributed by atoms with Crippen LogP contribution in [0.25, 0.3) is 0 Å². The molecule has 1 unspecified atom stereocenters. The molecule has 0 radical (unpaired) electrons. The summed E-state index contributed by atoms with van der Waals surface area (Å²) in [6.45, 7) is 0. The number of anilines is 1. The molecular weight excluding hydrogens is 378 g/mol. The van der Waals surface area contributed by atoms with E-state index in [1.165, 1.54) is 29.8 Å². The fourth-order valence-electron chi connectivity index (χ4n) is 2.85. The molecule has 0 aromatic heterocycles. The molecule has 0 aliphatic carbocycles. The van der Waals surface area contributed by atoms with Crippen molar-refractivity contribution in [3.63, 3.8) is 0 Å². The summed E-state index contributed by atoms with van der Waals surface area (Å²) in [5, 5.41) is 2.54. The molecule has 0 saturated carbocycles. The number of hydrogen-bond donors (Lipinski definition) is 2. The molecule has 1 atom stereocenters. The number of likely N-dealkylation sites (N-methyl/N-ethyl adjacent to an activating group) is 1. The van der Waals surface area contributed by atoms with Crippen molar-refractivity contribution in [3.05, 3.63) is 59.7 Å². The van der Waals surface area contributed by atoms with Crippen LogP contribution in [0.15, 0.2) is 53.4 Å². The number of hydrogen-bond acceptors (Lipinski definition) is 5. The van der Waals surface area contributed by atoms with Crippen LogP contribution < -0.4 is 11.1 Å². The number of thioether (sulfide) groups is 1. The highest BCUT2D eigenvalue weighted by Gasteiger charge is 2.31. The molecule has 1 aliphatic heterocycles. The normalized spacial score (nSPS) is 16.1. The zero-order valence-electron chi connectivity index (χ0n) is 15.2. The third kappa shape index (κ3) is 4.23. The fraction of sp³-hybridized carbons (Fsp3) is 0.200. The Morgan fingerprint density at radius 3 is 2.57 bits per heavy atom. The first-order chi connectivity index (χ1) is 13.4. The summed E-state index contributed by atoms with van der Waals surface area (Å²) in [7, 11) is 1.52. The van der Waals surface area contributed by atoms with Crippen molar-refractivity contribution in [1.29, 1.82) is 0 Å². The van der Waals surface area contributed by atoms with E-state index in [0.717, 1.165) is 5.56 Å². The third-order valence-electron chi connectivity index (χ3n) is 4.44. The van der Waals surface area contributed by atoms with E-state index in [1.54, 1.807) is 36.4 Å². The van der Waals surface area contributed by atoms with Crippen LogP contribution in [0.3, 0.4) is 0 Å². The number of nitrogens with zero attached hydrogens (tertiary/aromatic N) is 1. The van der Waals surface area contributed by atoms with Crippen molar-refractivity contribution in [2.75, 3.05) is 18.1 Å². The van der Waals surface area contributed by atoms with Crippen LogP contribution in [0.2, 0.25) is 0 Å². The van der Waals surface area contributed by atoms with E-state index in [2.05, 4.69) is 5.32 Å². The average Bonchev–Trinajstić information content (AvgIpc) is 2.80. The van der Waals surface area contributed by atoms with Crippen LogP contribution in [0, 0.1) is 0 Å². The molecule has 2 aromatic rings. The van der Waals surface area contributed by atoms with Gasteiger partial charge in [-0.25, -0.2) is 0 Å². The molecule has 3 amide bonds. The van der Waals surface area contributed by atoms with Crippen LogP contribution in [-0.2, 0) is 20.8 Å². The second kappa shape index (κ2) is 8.26. The Hall–Kier alpha value is -3.13. The molecule has 3 rings (SSSR count). The molecule has 0 bridgehead atoms. The maximum atomic E-state index is 12.7. The van der Waals surface area contributed by atoms with E-state index < -0.39 is 23.6 Å².